The molecule has 0 saturated carbocycles. The van der Waals surface area contributed by atoms with Crippen molar-refractivity contribution < 1.29 is 17.7 Å². The molecule has 6 heteroatoms. The summed E-state index contributed by atoms with van der Waals surface area (Å²) in [4.78, 5) is 2.67. The molecule has 33 heavy (non-hydrogen) atoms. The lowest BCUT2D eigenvalue weighted by Crippen LogP contribution is -2.29. The summed E-state index contributed by atoms with van der Waals surface area (Å²) in [5.41, 5.74) is 5.14. The Labute approximate surface area is 199 Å². The fourth-order valence-electron chi connectivity index (χ4n) is 4.68. The Hall–Kier alpha value is -2.60. The van der Waals surface area contributed by atoms with Gasteiger partial charge in [-0.2, -0.15) is 4.58 Å². The number of nitrogens with zero attached hydrogens (tertiary/aromatic N) is 2. The average Bonchev–Trinajstić information content (AvgIpc) is 3.00. The summed E-state index contributed by atoms with van der Waals surface area (Å²) < 4.78 is 32.5. The van der Waals surface area contributed by atoms with E-state index in [-0.39, 0.29) is 5.41 Å². The Kier molecular flexibility index (Phi) is 7.37. The number of hydrogen-bond donors (Lipinski definition) is 0. The molecule has 1 aliphatic heterocycles. The third-order valence-electron chi connectivity index (χ3n) is 6.83. The highest BCUT2D eigenvalue weighted by atomic mass is 32.2. The lowest BCUT2D eigenvalue weighted by Gasteiger charge is -2.22. The summed E-state index contributed by atoms with van der Waals surface area (Å²) in [5, 5.41) is 0. The summed E-state index contributed by atoms with van der Waals surface area (Å²) in [7, 11) is -1.22. The predicted octanol–water partition coefficient (Wildman–Crippen LogP) is 5.44. The van der Waals surface area contributed by atoms with Crippen molar-refractivity contribution in [2.75, 3.05) is 37.9 Å². The molecule has 1 unspecified atom stereocenters. The van der Waals surface area contributed by atoms with E-state index in [0.717, 1.165) is 53.5 Å². The molecular formula is C27H37N2O3S+. The van der Waals surface area contributed by atoms with Crippen molar-refractivity contribution in [1.82, 2.24) is 0 Å². The van der Waals surface area contributed by atoms with Gasteiger partial charge in [0.25, 0.3) is 0 Å². The first kappa shape index (κ1) is 25.0. The minimum absolute atomic E-state index is 0.284. The van der Waals surface area contributed by atoms with Crippen LogP contribution in [-0.4, -0.2) is 51.7 Å². The predicted molar refractivity (Wildman–Crippen MR) is 138 cm³/mol. The van der Waals surface area contributed by atoms with E-state index >= 15 is 0 Å². The second-order valence-corrected chi connectivity index (χ2v) is 10.8. The number of anilines is 1. The number of benzene rings is 2. The van der Waals surface area contributed by atoms with Gasteiger partial charge >= 0.3 is 0 Å². The average molecular weight is 470 g/mol. The Morgan fingerprint density at radius 3 is 2.30 bits per heavy atom. The van der Waals surface area contributed by atoms with Gasteiger partial charge in [0.2, 0.25) is 5.69 Å². The normalized spacial score (nSPS) is 18.2. The van der Waals surface area contributed by atoms with Gasteiger partial charge in [-0.25, -0.2) is 8.42 Å². The van der Waals surface area contributed by atoms with E-state index < -0.39 is 9.84 Å². The Bertz CT molecular complexity index is 1190. The molecule has 0 fully saturated rings. The highest BCUT2D eigenvalue weighted by Crippen LogP contribution is 2.43. The molecule has 0 saturated heterocycles. The standard InChI is InChI=1S/C27H37N2O3S/c1-8-27(5)23-19-22(33(7,30)31)15-16-24(23)28(6)26(27)17-13-20-12-14-21(29(9-2)10-3)18-25(20)32-11-4/h12-19H,8-11H2,1-7H3/q+1. The highest BCUT2D eigenvalue weighted by Gasteiger charge is 2.45. The van der Waals surface area contributed by atoms with E-state index in [1.54, 1.807) is 6.07 Å². The van der Waals surface area contributed by atoms with E-state index in [1.165, 1.54) is 6.26 Å². The molecule has 178 valence electrons. The van der Waals surface area contributed by atoms with E-state index in [9.17, 15) is 8.42 Å². The molecule has 0 amide bonds. The quantitative estimate of drug-likeness (QED) is 0.459. The zero-order chi connectivity index (χ0) is 24.4. The van der Waals surface area contributed by atoms with Crippen molar-refractivity contribution in [3.8, 4) is 5.75 Å². The molecule has 0 aromatic heterocycles. The van der Waals surface area contributed by atoms with Crippen LogP contribution in [0.15, 0.2) is 47.4 Å². The molecule has 0 aliphatic carbocycles. The molecule has 1 aliphatic rings. The highest BCUT2D eigenvalue weighted by molar-refractivity contribution is 7.90. The van der Waals surface area contributed by atoms with Gasteiger partial charge in [-0.1, -0.05) is 6.92 Å². The monoisotopic (exact) mass is 469 g/mol. The molecule has 3 rings (SSSR count). The Morgan fingerprint density at radius 2 is 1.73 bits per heavy atom. The van der Waals surface area contributed by atoms with Crippen molar-refractivity contribution in [3.05, 3.63) is 53.6 Å². The first-order chi connectivity index (χ1) is 15.6. The third kappa shape index (κ3) is 4.72. The van der Waals surface area contributed by atoms with Gasteiger partial charge in [0.1, 0.15) is 12.8 Å². The molecule has 1 atom stereocenters. The molecule has 1 heterocycles. The molecule has 0 spiro atoms. The summed E-state index contributed by atoms with van der Waals surface area (Å²) in [6, 6.07) is 11.8. The van der Waals surface area contributed by atoms with Crippen LogP contribution in [0.4, 0.5) is 11.4 Å². The van der Waals surface area contributed by atoms with Crippen LogP contribution in [0, 0.1) is 0 Å². The van der Waals surface area contributed by atoms with E-state index in [4.69, 9.17) is 4.74 Å². The maximum atomic E-state index is 12.2. The smallest absolute Gasteiger partial charge is 0.209 e. The lowest BCUT2D eigenvalue weighted by atomic mass is 9.77. The number of hydrogen-bond acceptors (Lipinski definition) is 4. The van der Waals surface area contributed by atoms with Crippen molar-refractivity contribution in [2.24, 2.45) is 0 Å². The van der Waals surface area contributed by atoms with Gasteiger partial charge in [-0.05, 0) is 64.5 Å². The second kappa shape index (κ2) is 9.72. The van der Waals surface area contributed by atoms with Crippen molar-refractivity contribution >= 4 is 33.0 Å². The SMILES string of the molecule is CCOc1cc(N(CC)CC)ccc1/C=C/C1=[N+](C)c2ccc(S(C)(=O)=O)cc2C1(C)CC. The van der Waals surface area contributed by atoms with Crippen LogP contribution in [0.25, 0.3) is 6.08 Å². The molecule has 0 bridgehead atoms. The molecule has 0 radical (unpaired) electrons. The van der Waals surface area contributed by atoms with Crippen molar-refractivity contribution in [2.45, 2.75) is 51.3 Å². The maximum absolute atomic E-state index is 12.2. The van der Waals surface area contributed by atoms with Crippen LogP contribution in [0.3, 0.4) is 0 Å². The number of sulfone groups is 1. The third-order valence-corrected chi connectivity index (χ3v) is 7.94. The fraction of sp³-hybridized carbons (Fsp3) is 0.444. The molecular weight excluding hydrogens is 432 g/mol. The van der Waals surface area contributed by atoms with E-state index in [1.807, 2.05) is 26.1 Å². The lowest BCUT2D eigenvalue weighted by molar-refractivity contribution is -0.401. The van der Waals surface area contributed by atoms with E-state index in [0.29, 0.717) is 11.5 Å². The molecule has 2 aromatic rings. The first-order valence-corrected chi connectivity index (χ1v) is 13.6. The van der Waals surface area contributed by atoms with E-state index in [2.05, 4.69) is 67.5 Å². The second-order valence-electron chi connectivity index (χ2n) is 8.74. The number of allylic oxidation sites excluding steroid dienone is 1. The fourth-order valence-corrected chi connectivity index (χ4v) is 5.33. The summed E-state index contributed by atoms with van der Waals surface area (Å²) in [6.07, 6.45) is 6.38. The van der Waals surface area contributed by atoms with Crippen LogP contribution in [0.2, 0.25) is 0 Å². The minimum Gasteiger partial charge on any atom is -0.493 e. The van der Waals surface area contributed by atoms with Crippen LogP contribution >= 0.6 is 0 Å². The van der Waals surface area contributed by atoms with Gasteiger partial charge < -0.3 is 9.64 Å². The minimum atomic E-state index is -3.27. The first-order valence-electron chi connectivity index (χ1n) is 11.8. The van der Waals surface area contributed by atoms with Crippen molar-refractivity contribution in [1.29, 1.82) is 0 Å². The number of fused-ring (bicyclic) bond motifs is 1. The van der Waals surface area contributed by atoms with Crippen LogP contribution in [-0.2, 0) is 15.3 Å². The van der Waals surface area contributed by atoms with Gasteiger partial charge in [-0.3, -0.25) is 0 Å². The van der Waals surface area contributed by atoms with Gasteiger partial charge in [0.15, 0.2) is 15.5 Å². The largest absolute Gasteiger partial charge is 0.493 e. The van der Waals surface area contributed by atoms with Crippen LogP contribution in [0.1, 0.15) is 52.2 Å². The van der Waals surface area contributed by atoms with Gasteiger partial charge in [0, 0.05) is 54.4 Å². The summed E-state index contributed by atoms with van der Waals surface area (Å²) >= 11 is 0. The summed E-state index contributed by atoms with van der Waals surface area (Å²) in [6.45, 7) is 13.1. The van der Waals surface area contributed by atoms with Crippen molar-refractivity contribution in [3.63, 3.8) is 0 Å². The summed E-state index contributed by atoms with van der Waals surface area (Å²) in [5.74, 6) is 0.870. The topological polar surface area (TPSA) is 49.6 Å². The van der Waals surface area contributed by atoms with Crippen LogP contribution in [0.5, 0.6) is 5.75 Å². The maximum Gasteiger partial charge on any atom is 0.209 e. The Balaban J connectivity index is 2.05. The van der Waals surface area contributed by atoms with Gasteiger partial charge in [0.05, 0.1) is 16.9 Å². The molecule has 5 nitrogen and oxygen atoms in total. The number of ether oxygens (including phenoxy) is 1. The Morgan fingerprint density at radius 1 is 1.03 bits per heavy atom. The van der Waals surface area contributed by atoms with Gasteiger partial charge in [-0.15, -0.1) is 0 Å². The molecule has 0 N–H and O–H groups in total. The molecule has 2 aromatic carbocycles. The zero-order valence-corrected chi connectivity index (χ0v) is 21.8. The van der Waals surface area contributed by atoms with Crippen LogP contribution < -0.4 is 9.64 Å². The zero-order valence-electron chi connectivity index (χ0n) is 21.0. The number of rotatable bonds is 9.